The number of rotatable bonds is 5. The average Bonchev–Trinajstić information content (AvgIpc) is 3.22. The Labute approximate surface area is 108 Å². The Morgan fingerprint density at radius 1 is 1.33 bits per heavy atom. The minimum atomic E-state index is 0.128. The summed E-state index contributed by atoms with van der Waals surface area (Å²) in [5, 5.41) is 3.36. The molecule has 18 heavy (non-hydrogen) atoms. The van der Waals surface area contributed by atoms with Crippen LogP contribution >= 0.6 is 0 Å². The second-order valence-electron chi connectivity index (χ2n) is 5.26. The van der Waals surface area contributed by atoms with Gasteiger partial charge in [0, 0.05) is 12.2 Å². The molecule has 0 radical (unpaired) electrons. The fourth-order valence-electron chi connectivity index (χ4n) is 2.62. The van der Waals surface area contributed by atoms with Gasteiger partial charge in [-0.1, -0.05) is 31.0 Å². The summed E-state index contributed by atoms with van der Waals surface area (Å²) in [4.78, 5) is 0. The van der Waals surface area contributed by atoms with E-state index in [4.69, 9.17) is 9.47 Å². The van der Waals surface area contributed by atoms with Gasteiger partial charge in [0.15, 0.2) is 0 Å². The van der Waals surface area contributed by atoms with Gasteiger partial charge in [-0.3, -0.25) is 0 Å². The Balaban J connectivity index is 1.64. The number of para-hydroxylation sites is 1. The topological polar surface area (TPSA) is 30.5 Å². The summed E-state index contributed by atoms with van der Waals surface area (Å²) in [6.07, 6.45) is 4.11. The maximum absolute atomic E-state index is 6.01. The van der Waals surface area contributed by atoms with Gasteiger partial charge in [-0.15, -0.1) is 0 Å². The maximum atomic E-state index is 6.01. The fraction of sp³-hybridized carbons (Fsp3) is 0.600. The normalized spacial score (nSPS) is 26.5. The summed E-state index contributed by atoms with van der Waals surface area (Å²) < 4.78 is 11.8. The molecule has 2 atom stereocenters. The van der Waals surface area contributed by atoms with Gasteiger partial charge in [-0.05, 0) is 25.5 Å². The van der Waals surface area contributed by atoms with E-state index in [1.807, 2.05) is 19.2 Å². The van der Waals surface area contributed by atoms with Crippen LogP contribution in [0.5, 0.6) is 5.75 Å². The van der Waals surface area contributed by atoms with Crippen LogP contribution in [0.3, 0.4) is 0 Å². The van der Waals surface area contributed by atoms with Crippen LogP contribution in [0.4, 0.5) is 0 Å². The van der Waals surface area contributed by atoms with Crippen LogP contribution in [0.15, 0.2) is 24.3 Å². The lowest BCUT2D eigenvalue weighted by Gasteiger charge is -2.33. The number of fused-ring (bicyclic) bond motifs is 1. The van der Waals surface area contributed by atoms with E-state index in [1.165, 1.54) is 24.8 Å². The minimum absolute atomic E-state index is 0.128. The highest BCUT2D eigenvalue weighted by Crippen LogP contribution is 2.35. The van der Waals surface area contributed by atoms with Crippen molar-refractivity contribution in [3.05, 3.63) is 29.8 Å². The minimum Gasteiger partial charge on any atom is -0.490 e. The number of hydrogen-bond donors (Lipinski definition) is 1. The molecule has 1 N–H and O–H groups in total. The molecule has 0 amide bonds. The Morgan fingerprint density at radius 3 is 2.94 bits per heavy atom. The second-order valence-corrected chi connectivity index (χ2v) is 5.26. The number of hydrogen-bond acceptors (Lipinski definition) is 3. The molecule has 1 aliphatic heterocycles. The van der Waals surface area contributed by atoms with Crippen LogP contribution in [0.25, 0.3) is 0 Å². The molecular weight excluding hydrogens is 226 g/mol. The monoisotopic (exact) mass is 247 g/mol. The summed E-state index contributed by atoms with van der Waals surface area (Å²) in [5.41, 5.74) is 1.21. The summed E-state index contributed by atoms with van der Waals surface area (Å²) >= 11 is 0. The van der Waals surface area contributed by atoms with Crippen LogP contribution < -0.4 is 10.1 Å². The van der Waals surface area contributed by atoms with Gasteiger partial charge in [0.2, 0.25) is 0 Å². The third-order valence-corrected chi connectivity index (χ3v) is 3.89. The van der Waals surface area contributed by atoms with Crippen LogP contribution in [0, 0.1) is 5.92 Å². The van der Waals surface area contributed by atoms with E-state index in [2.05, 4.69) is 17.4 Å². The van der Waals surface area contributed by atoms with Crippen molar-refractivity contribution < 1.29 is 9.47 Å². The van der Waals surface area contributed by atoms with Crippen molar-refractivity contribution in [3.63, 3.8) is 0 Å². The van der Waals surface area contributed by atoms with E-state index in [9.17, 15) is 0 Å². The van der Waals surface area contributed by atoms with E-state index in [1.54, 1.807) is 0 Å². The summed E-state index contributed by atoms with van der Waals surface area (Å²) in [6, 6.07) is 8.46. The standard InChI is InChI=1S/C15H21NO2/c1-16-15-12-4-2-3-5-13(12)18-10-14(15)17-9-8-11-6-7-11/h2-5,11,14-16H,6-10H2,1H3. The summed E-state index contributed by atoms with van der Waals surface area (Å²) in [6.45, 7) is 1.51. The van der Waals surface area contributed by atoms with Crippen molar-refractivity contribution in [2.45, 2.75) is 31.4 Å². The van der Waals surface area contributed by atoms with Gasteiger partial charge < -0.3 is 14.8 Å². The molecule has 1 saturated carbocycles. The quantitative estimate of drug-likeness (QED) is 0.867. The van der Waals surface area contributed by atoms with Crippen molar-refractivity contribution in [1.29, 1.82) is 0 Å². The summed E-state index contributed by atoms with van der Waals surface area (Å²) in [7, 11) is 1.99. The van der Waals surface area contributed by atoms with Crippen molar-refractivity contribution in [2.24, 2.45) is 5.92 Å². The number of ether oxygens (including phenoxy) is 2. The van der Waals surface area contributed by atoms with Gasteiger partial charge in [0.25, 0.3) is 0 Å². The fourth-order valence-corrected chi connectivity index (χ4v) is 2.62. The third-order valence-electron chi connectivity index (χ3n) is 3.89. The summed E-state index contributed by atoms with van der Waals surface area (Å²) in [5.74, 6) is 1.91. The second kappa shape index (κ2) is 5.29. The maximum Gasteiger partial charge on any atom is 0.124 e. The lowest BCUT2D eigenvalue weighted by atomic mass is 9.98. The molecule has 1 aromatic rings. The Bertz CT molecular complexity index is 403. The van der Waals surface area contributed by atoms with Crippen LogP contribution in [-0.4, -0.2) is 26.4 Å². The van der Waals surface area contributed by atoms with Gasteiger partial charge >= 0.3 is 0 Å². The number of nitrogens with one attached hydrogen (secondary N) is 1. The lowest BCUT2D eigenvalue weighted by molar-refractivity contribution is -0.0160. The highest BCUT2D eigenvalue weighted by molar-refractivity contribution is 5.38. The van der Waals surface area contributed by atoms with Crippen molar-refractivity contribution in [2.75, 3.05) is 20.3 Å². The molecule has 2 aliphatic rings. The first kappa shape index (κ1) is 12.0. The van der Waals surface area contributed by atoms with E-state index >= 15 is 0 Å². The number of likely N-dealkylation sites (N-methyl/N-ethyl adjacent to an activating group) is 1. The van der Waals surface area contributed by atoms with Gasteiger partial charge in [-0.25, -0.2) is 0 Å². The van der Waals surface area contributed by atoms with Crippen LogP contribution in [-0.2, 0) is 4.74 Å². The molecule has 0 bridgehead atoms. The molecule has 1 heterocycles. The molecule has 0 spiro atoms. The van der Waals surface area contributed by atoms with Crippen LogP contribution in [0.2, 0.25) is 0 Å². The molecule has 98 valence electrons. The molecule has 2 unspecified atom stereocenters. The van der Waals surface area contributed by atoms with Gasteiger partial charge in [0.1, 0.15) is 18.5 Å². The lowest BCUT2D eigenvalue weighted by Crippen LogP contribution is -2.39. The highest BCUT2D eigenvalue weighted by atomic mass is 16.5. The smallest absolute Gasteiger partial charge is 0.124 e. The molecule has 0 saturated heterocycles. The zero-order valence-electron chi connectivity index (χ0n) is 10.9. The Kier molecular flexibility index (Phi) is 3.52. The molecule has 1 aromatic carbocycles. The van der Waals surface area contributed by atoms with E-state index in [0.29, 0.717) is 6.61 Å². The third kappa shape index (κ3) is 2.52. The molecule has 0 aromatic heterocycles. The van der Waals surface area contributed by atoms with Gasteiger partial charge in [0.05, 0.1) is 6.04 Å². The average molecular weight is 247 g/mol. The van der Waals surface area contributed by atoms with Crippen molar-refractivity contribution >= 4 is 0 Å². The van der Waals surface area contributed by atoms with E-state index in [-0.39, 0.29) is 12.1 Å². The zero-order chi connectivity index (χ0) is 12.4. The SMILES string of the molecule is CNC1c2ccccc2OCC1OCCC1CC1. The zero-order valence-corrected chi connectivity index (χ0v) is 10.9. The molecule has 3 rings (SSSR count). The first-order valence-corrected chi connectivity index (χ1v) is 6.89. The largest absolute Gasteiger partial charge is 0.490 e. The predicted octanol–water partition coefficient (Wildman–Crippen LogP) is 2.52. The first-order valence-electron chi connectivity index (χ1n) is 6.89. The van der Waals surface area contributed by atoms with Crippen molar-refractivity contribution in [3.8, 4) is 5.75 Å². The predicted molar refractivity (Wildman–Crippen MR) is 70.8 cm³/mol. The number of benzene rings is 1. The molecule has 3 heteroatoms. The van der Waals surface area contributed by atoms with E-state index in [0.717, 1.165) is 18.3 Å². The first-order chi connectivity index (χ1) is 8.88. The van der Waals surface area contributed by atoms with E-state index < -0.39 is 0 Å². The Morgan fingerprint density at radius 2 is 2.17 bits per heavy atom. The highest BCUT2D eigenvalue weighted by Gasteiger charge is 2.31. The molecule has 3 nitrogen and oxygen atoms in total. The Hall–Kier alpha value is -1.06. The van der Waals surface area contributed by atoms with Gasteiger partial charge in [-0.2, -0.15) is 0 Å². The molecule has 1 fully saturated rings. The molecule has 1 aliphatic carbocycles. The van der Waals surface area contributed by atoms with Crippen molar-refractivity contribution in [1.82, 2.24) is 5.32 Å². The molecular formula is C15H21NO2. The van der Waals surface area contributed by atoms with Crippen LogP contribution in [0.1, 0.15) is 30.9 Å².